The summed E-state index contributed by atoms with van der Waals surface area (Å²) < 4.78 is 12.3. The Balaban J connectivity index is 2.92. The zero-order valence-electron chi connectivity index (χ0n) is 9.57. The fraction of sp³-hybridized carbons (Fsp3) is 0.600. The second-order valence-corrected chi connectivity index (χ2v) is 4.15. The first kappa shape index (κ1) is 13.3. The number of carbonyl (C=O) groups is 1. The van der Waals surface area contributed by atoms with Crippen LogP contribution >= 0.6 is 15.9 Å². The van der Waals surface area contributed by atoms with E-state index in [1.807, 2.05) is 0 Å². The van der Waals surface area contributed by atoms with Crippen molar-refractivity contribution >= 4 is 21.7 Å². The lowest BCUT2D eigenvalue weighted by Crippen LogP contribution is -2.24. The van der Waals surface area contributed by atoms with Crippen LogP contribution in [0.25, 0.3) is 0 Å². The summed E-state index contributed by atoms with van der Waals surface area (Å²) >= 11 is 3.31. The van der Waals surface area contributed by atoms with E-state index in [0.29, 0.717) is 23.3 Å². The van der Waals surface area contributed by atoms with Crippen LogP contribution in [-0.2, 0) is 16.0 Å². The molecule has 1 heterocycles. The zero-order valence-corrected chi connectivity index (χ0v) is 11.2. The van der Waals surface area contributed by atoms with Gasteiger partial charge in [0.2, 0.25) is 5.78 Å². The molecular weight excluding hydrogens is 276 g/mol. The monoisotopic (exact) mass is 290 g/mol. The van der Waals surface area contributed by atoms with E-state index in [2.05, 4.69) is 21.0 Å². The lowest BCUT2D eigenvalue weighted by molar-refractivity contribution is 0.0641. The largest absolute Gasteiger partial charge is 0.383 e. The van der Waals surface area contributed by atoms with Gasteiger partial charge < -0.3 is 9.47 Å². The van der Waals surface area contributed by atoms with E-state index in [9.17, 15) is 4.79 Å². The number of hydrogen-bond acceptors (Lipinski definition) is 4. The SMILES string of the molecule is COCCn1ncc(Br)c1C(=O)C(C)OC. The summed E-state index contributed by atoms with van der Waals surface area (Å²) in [4.78, 5) is 12.0. The van der Waals surface area contributed by atoms with Gasteiger partial charge in [0.1, 0.15) is 11.8 Å². The number of aromatic nitrogens is 2. The molecule has 5 nitrogen and oxygen atoms in total. The highest BCUT2D eigenvalue weighted by Gasteiger charge is 2.22. The molecule has 0 saturated carbocycles. The molecule has 0 amide bonds. The van der Waals surface area contributed by atoms with E-state index in [-0.39, 0.29) is 5.78 Å². The van der Waals surface area contributed by atoms with Crippen molar-refractivity contribution in [3.63, 3.8) is 0 Å². The molecule has 6 heteroatoms. The van der Waals surface area contributed by atoms with Gasteiger partial charge >= 0.3 is 0 Å². The minimum Gasteiger partial charge on any atom is -0.383 e. The van der Waals surface area contributed by atoms with Crippen LogP contribution in [0.2, 0.25) is 0 Å². The van der Waals surface area contributed by atoms with Crippen molar-refractivity contribution in [3.8, 4) is 0 Å². The molecule has 1 aromatic rings. The van der Waals surface area contributed by atoms with E-state index in [0.717, 1.165) is 0 Å². The smallest absolute Gasteiger partial charge is 0.210 e. The van der Waals surface area contributed by atoms with Crippen molar-refractivity contribution in [3.05, 3.63) is 16.4 Å². The van der Waals surface area contributed by atoms with E-state index < -0.39 is 6.10 Å². The molecule has 90 valence electrons. The maximum atomic E-state index is 12.0. The van der Waals surface area contributed by atoms with Crippen LogP contribution in [0.5, 0.6) is 0 Å². The fourth-order valence-corrected chi connectivity index (χ4v) is 1.75. The maximum absolute atomic E-state index is 12.0. The third-order valence-corrected chi connectivity index (χ3v) is 2.84. The maximum Gasteiger partial charge on any atom is 0.210 e. The first-order chi connectivity index (χ1) is 7.61. The average molecular weight is 291 g/mol. The minimum atomic E-state index is -0.478. The van der Waals surface area contributed by atoms with Crippen LogP contribution in [0.3, 0.4) is 0 Å². The number of carbonyl (C=O) groups excluding carboxylic acids is 1. The molecule has 0 spiro atoms. The first-order valence-electron chi connectivity index (χ1n) is 4.89. The van der Waals surface area contributed by atoms with Gasteiger partial charge in [-0.25, -0.2) is 0 Å². The van der Waals surface area contributed by atoms with Gasteiger partial charge in [0.15, 0.2) is 0 Å². The summed E-state index contributed by atoms with van der Waals surface area (Å²) in [5.74, 6) is -0.0945. The number of hydrogen-bond donors (Lipinski definition) is 0. The second kappa shape index (κ2) is 6.12. The van der Waals surface area contributed by atoms with Gasteiger partial charge in [0, 0.05) is 14.2 Å². The number of halogens is 1. The molecule has 0 aliphatic carbocycles. The van der Waals surface area contributed by atoms with Crippen molar-refractivity contribution < 1.29 is 14.3 Å². The topological polar surface area (TPSA) is 53.4 Å². The molecule has 0 aromatic carbocycles. The molecule has 0 bridgehead atoms. The molecule has 0 aliphatic rings. The molecule has 0 aliphatic heterocycles. The average Bonchev–Trinajstić information content (AvgIpc) is 2.65. The van der Waals surface area contributed by atoms with Crippen LogP contribution in [0, 0.1) is 0 Å². The van der Waals surface area contributed by atoms with Gasteiger partial charge in [-0.15, -0.1) is 0 Å². The predicted octanol–water partition coefficient (Wildman–Crippen LogP) is 1.51. The molecule has 0 N–H and O–H groups in total. The van der Waals surface area contributed by atoms with Gasteiger partial charge in [-0.2, -0.15) is 5.10 Å². The summed E-state index contributed by atoms with van der Waals surface area (Å²) in [6.45, 7) is 2.76. The molecule has 1 unspecified atom stereocenters. The van der Waals surface area contributed by atoms with Crippen LogP contribution in [-0.4, -0.2) is 42.5 Å². The third kappa shape index (κ3) is 2.90. The van der Waals surface area contributed by atoms with Crippen molar-refractivity contribution in [2.45, 2.75) is 19.6 Å². The fourth-order valence-electron chi connectivity index (χ4n) is 1.25. The molecular formula is C10H15BrN2O3. The number of nitrogens with zero attached hydrogens (tertiary/aromatic N) is 2. The molecule has 0 saturated heterocycles. The van der Waals surface area contributed by atoms with Crippen molar-refractivity contribution in [2.75, 3.05) is 20.8 Å². The Bertz CT molecular complexity index is 365. The summed E-state index contributed by atoms with van der Waals surface area (Å²) in [5.41, 5.74) is 0.520. The zero-order chi connectivity index (χ0) is 12.1. The van der Waals surface area contributed by atoms with Crippen LogP contribution in [0.1, 0.15) is 17.4 Å². The Morgan fingerprint density at radius 2 is 2.31 bits per heavy atom. The molecule has 1 atom stereocenters. The van der Waals surface area contributed by atoms with Crippen LogP contribution < -0.4 is 0 Å². The second-order valence-electron chi connectivity index (χ2n) is 3.30. The number of ether oxygens (including phenoxy) is 2. The Morgan fingerprint density at radius 1 is 1.62 bits per heavy atom. The highest BCUT2D eigenvalue weighted by atomic mass is 79.9. The van der Waals surface area contributed by atoms with E-state index >= 15 is 0 Å². The lowest BCUT2D eigenvalue weighted by atomic mass is 10.2. The number of Topliss-reactive ketones (excluding diaryl/α,β-unsaturated/α-hetero) is 1. The molecule has 0 radical (unpaired) electrons. The highest BCUT2D eigenvalue weighted by molar-refractivity contribution is 9.10. The normalized spacial score (nSPS) is 12.8. The molecule has 1 rings (SSSR count). The Hall–Kier alpha value is -0.720. The van der Waals surface area contributed by atoms with Gasteiger partial charge in [0.05, 0.1) is 23.8 Å². The Kier molecular flexibility index (Phi) is 5.11. The van der Waals surface area contributed by atoms with Gasteiger partial charge in [-0.3, -0.25) is 9.48 Å². The molecule has 16 heavy (non-hydrogen) atoms. The summed E-state index contributed by atoms with van der Waals surface area (Å²) in [7, 11) is 3.12. The standard InChI is InChI=1S/C10H15BrN2O3/c1-7(16-3)10(14)9-8(11)6-12-13(9)4-5-15-2/h6-7H,4-5H2,1-3H3. The molecule has 0 fully saturated rings. The number of methoxy groups -OCH3 is 2. The quantitative estimate of drug-likeness (QED) is 0.746. The number of rotatable bonds is 6. The third-order valence-electron chi connectivity index (χ3n) is 2.26. The molecule has 1 aromatic heterocycles. The minimum absolute atomic E-state index is 0.0945. The summed E-state index contributed by atoms with van der Waals surface area (Å²) in [6.07, 6.45) is 1.12. The first-order valence-corrected chi connectivity index (χ1v) is 5.68. The Labute approximate surface area is 103 Å². The lowest BCUT2D eigenvalue weighted by Gasteiger charge is -2.11. The number of ketones is 1. The van der Waals surface area contributed by atoms with Crippen molar-refractivity contribution in [1.29, 1.82) is 0 Å². The van der Waals surface area contributed by atoms with E-state index in [1.165, 1.54) is 7.11 Å². The van der Waals surface area contributed by atoms with Crippen molar-refractivity contribution in [2.24, 2.45) is 0 Å². The van der Waals surface area contributed by atoms with Crippen molar-refractivity contribution in [1.82, 2.24) is 9.78 Å². The van der Waals surface area contributed by atoms with Gasteiger partial charge in [-0.1, -0.05) is 0 Å². The highest BCUT2D eigenvalue weighted by Crippen LogP contribution is 2.18. The summed E-state index contributed by atoms with van der Waals surface area (Å²) in [6, 6.07) is 0. The van der Waals surface area contributed by atoms with E-state index in [4.69, 9.17) is 9.47 Å². The van der Waals surface area contributed by atoms with E-state index in [1.54, 1.807) is 24.9 Å². The van der Waals surface area contributed by atoms with Gasteiger partial charge in [0.25, 0.3) is 0 Å². The summed E-state index contributed by atoms with van der Waals surface area (Å²) in [5, 5.41) is 4.10. The predicted molar refractivity (Wildman–Crippen MR) is 62.6 cm³/mol. The van der Waals surface area contributed by atoms with Crippen LogP contribution in [0.4, 0.5) is 0 Å². The van der Waals surface area contributed by atoms with Gasteiger partial charge in [-0.05, 0) is 22.9 Å². The Morgan fingerprint density at radius 3 is 2.88 bits per heavy atom. The van der Waals surface area contributed by atoms with Crippen LogP contribution in [0.15, 0.2) is 10.7 Å².